The molecule has 0 aliphatic carbocycles. The quantitative estimate of drug-likeness (QED) is 0.479. The highest BCUT2D eigenvalue weighted by Crippen LogP contribution is 2.21. The van der Waals surface area contributed by atoms with Crippen molar-refractivity contribution in [1.82, 2.24) is 9.78 Å². The number of halogens is 1. The van der Waals surface area contributed by atoms with E-state index in [-0.39, 0.29) is 11.7 Å². The van der Waals surface area contributed by atoms with Gasteiger partial charge in [-0.1, -0.05) is 23.7 Å². The van der Waals surface area contributed by atoms with Gasteiger partial charge in [0, 0.05) is 22.3 Å². The van der Waals surface area contributed by atoms with Gasteiger partial charge < -0.3 is 15.1 Å². The van der Waals surface area contributed by atoms with Crippen LogP contribution in [0.25, 0.3) is 5.69 Å². The lowest BCUT2D eigenvalue weighted by Crippen LogP contribution is -2.16. The van der Waals surface area contributed by atoms with E-state index in [2.05, 4.69) is 15.7 Å². The van der Waals surface area contributed by atoms with Gasteiger partial charge in [0.25, 0.3) is 11.8 Å². The van der Waals surface area contributed by atoms with Crippen LogP contribution in [0.2, 0.25) is 5.02 Å². The molecule has 0 saturated heterocycles. The van der Waals surface area contributed by atoms with E-state index in [9.17, 15) is 9.59 Å². The first-order valence-electron chi connectivity index (χ1n) is 9.08. The van der Waals surface area contributed by atoms with E-state index >= 15 is 0 Å². The fourth-order valence-electron chi connectivity index (χ4n) is 2.92. The van der Waals surface area contributed by atoms with Gasteiger partial charge in [-0.05, 0) is 55.5 Å². The van der Waals surface area contributed by atoms with E-state index < -0.39 is 5.91 Å². The van der Waals surface area contributed by atoms with Gasteiger partial charge in [-0.2, -0.15) is 5.10 Å². The molecule has 0 radical (unpaired) electrons. The molecular weight excluding hydrogens is 404 g/mol. The highest BCUT2D eigenvalue weighted by Gasteiger charge is 2.14. The summed E-state index contributed by atoms with van der Waals surface area (Å²) in [5.74, 6) is -0.0463. The first kappa shape index (κ1) is 19.5. The molecule has 0 saturated carbocycles. The van der Waals surface area contributed by atoms with Crippen molar-refractivity contribution in [3.05, 3.63) is 95.0 Å². The number of aryl methyl sites for hydroxylation is 1. The number of amides is 2. The third kappa shape index (κ3) is 4.26. The molecule has 2 amide bonds. The van der Waals surface area contributed by atoms with Gasteiger partial charge in [-0.25, -0.2) is 4.68 Å². The number of hydrogen-bond acceptors (Lipinski definition) is 4. The molecule has 7 nitrogen and oxygen atoms in total. The van der Waals surface area contributed by atoms with E-state index in [4.69, 9.17) is 16.0 Å². The minimum atomic E-state index is -0.396. The number of benzene rings is 2. The largest absolute Gasteiger partial charge is 0.459 e. The van der Waals surface area contributed by atoms with Crippen LogP contribution in [-0.2, 0) is 0 Å². The Bertz CT molecular complexity index is 1210. The summed E-state index contributed by atoms with van der Waals surface area (Å²) in [6, 6.07) is 18.8. The molecule has 0 unspecified atom stereocenters. The molecular formula is C22H17ClN4O3. The summed E-state index contributed by atoms with van der Waals surface area (Å²) in [5, 5.41) is 10.6. The maximum Gasteiger partial charge on any atom is 0.291 e. The summed E-state index contributed by atoms with van der Waals surface area (Å²) in [4.78, 5) is 25.0. The van der Waals surface area contributed by atoms with Crippen LogP contribution in [0.3, 0.4) is 0 Å². The molecule has 4 aromatic rings. The van der Waals surface area contributed by atoms with E-state index in [0.29, 0.717) is 22.1 Å². The van der Waals surface area contributed by atoms with Crippen LogP contribution in [-0.4, -0.2) is 21.6 Å². The minimum Gasteiger partial charge on any atom is -0.459 e. The third-order valence-corrected chi connectivity index (χ3v) is 4.49. The van der Waals surface area contributed by atoms with Crippen LogP contribution in [0, 0.1) is 6.92 Å². The zero-order chi connectivity index (χ0) is 21.1. The Labute approximate surface area is 177 Å². The predicted molar refractivity (Wildman–Crippen MR) is 114 cm³/mol. The van der Waals surface area contributed by atoms with Crippen molar-refractivity contribution in [3.8, 4) is 5.69 Å². The molecule has 0 aliphatic heterocycles. The molecule has 2 N–H and O–H groups in total. The van der Waals surface area contributed by atoms with Crippen LogP contribution in [0.4, 0.5) is 11.5 Å². The first-order chi connectivity index (χ1) is 14.5. The predicted octanol–water partition coefficient (Wildman–Crippen LogP) is 4.93. The molecule has 2 heterocycles. The Balaban J connectivity index is 1.54. The van der Waals surface area contributed by atoms with Crippen LogP contribution < -0.4 is 10.6 Å². The Morgan fingerprint density at radius 2 is 1.80 bits per heavy atom. The van der Waals surface area contributed by atoms with Crippen molar-refractivity contribution in [2.75, 3.05) is 10.6 Å². The van der Waals surface area contributed by atoms with Gasteiger partial charge in [0.05, 0.1) is 17.6 Å². The minimum absolute atomic E-state index is 0.186. The van der Waals surface area contributed by atoms with Crippen molar-refractivity contribution in [3.63, 3.8) is 0 Å². The number of aromatic nitrogens is 2. The molecule has 0 spiro atoms. The van der Waals surface area contributed by atoms with Crippen molar-refractivity contribution in [2.24, 2.45) is 0 Å². The summed E-state index contributed by atoms with van der Waals surface area (Å²) in [5.41, 5.74) is 2.32. The number of nitrogens with one attached hydrogen (secondary N) is 2. The van der Waals surface area contributed by atoms with Crippen LogP contribution in [0.5, 0.6) is 0 Å². The second kappa shape index (κ2) is 8.26. The topological polar surface area (TPSA) is 89.2 Å². The molecule has 0 bridgehead atoms. The Morgan fingerprint density at radius 1 is 0.967 bits per heavy atom. The maximum absolute atomic E-state index is 12.8. The van der Waals surface area contributed by atoms with Crippen molar-refractivity contribution in [2.45, 2.75) is 6.92 Å². The van der Waals surface area contributed by atoms with E-state index in [1.165, 1.54) is 6.26 Å². The van der Waals surface area contributed by atoms with Gasteiger partial charge in [0.2, 0.25) is 0 Å². The summed E-state index contributed by atoms with van der Waals surface area (Å²) >= 11 is 6.08. The molecule has 2 aromatic carbocycles. The molecule has 0 atom stereocenters. The van der Waals surface area contributed by atoms with Crippen molar-refractivity contribution >= 4 is 34.9 Å². The van der Waals surface area contributed by atoms with E-state index in [0.717, 1.165) is 11.4 Å². The van der Waals surface area contributed by atoms with E-state index in [1.54, 1.807) is 59.3 Å². The normalized spacial score (nSPS) is 10.6. The number of carbonyl (C=O) groups is 2. The molecule has 30 heavy (non-hydrogen) atoms. The lowest BCUT2D eigenvalue weighted by atomic mass is 10.2. The number of hydrogen-bond donors (Lipinski definition) is 2. The molecule has 150 valence electrons. The molecule has 2 aromatic heterocycles. The fraction of sp³-hybridized carbons (Fsp3) is 0.0455. The fourth-order valence-corrected chi connectivity index (χ4v) is 3.10. The summed E-state index contributed by atoms with van der Waals surface area (Å²) < 4.78 is 6.69. The Kier molecular flexibility index (Phi) is 5.36. The number of rotatable bonds is 5. The maximum atomic E-state index is 12.8. The van der Waals surface area contributed by atoms with E-state index in [1.807, 2.05) is 19.1 Å². The standard InChI is InChI=1S/C22H17ClN4O3/c1-14-11-20(27(26-14)18-8-3-6-16(23)13-18)25-21(28)15-5-2-7-17(12-15)24-22(29)19-9-4-10-30-19/h2-13H,1H3,(H,24,29)(H,25,28). The van der Waals surface area contributed by atoms with Gasteiger partial charge in [0.15, 0.2) is 5.76 Å². The molecule has 0 fully saturated rings. The zero-order valence-corrected chi connectivity index (χ0v) is 16.7. The van der Waals surface area contributed by atoms with Crippen LogP contribution in [0.15, 0.2) is 77.4 Å². The van der Waals surface area contributed by atoms with Gasteiger partial charge in [-0.15, -0.1) is 0 Å². The van der Waals surface area contributed by atoms with Crippen LogP contribution in [0.1, 0.15) is 26.6 Å². The lowest BCUT2D eigenvalue weighted by Gasteiger charge is -2.10. The third-order valence-electron chi connectivity index (χ3n) is 4.25. The Morgan fingerprint density at radius 3 is 2.57 bits per heavy atom. The molecule has 0 aliphatic rings. The number of anilines is 2. The first-order valence-corrected chi connectivity index (χ1v) is 9.46. The highest BCUT2D eigenvalue weighted by atomic mass is 35.5. The SMILES string of the molecule is Cc1cc(NC(=O)c2cccc(NC(=O)c3ccco3)c2)n(-c2cccc(Cl)c2)n1. The van der Waals surface area contributed by atoms with Gasteiger partial charge in [0.1, 0.15) is 5.82 Å². The smallest absolute Gasteiger partial charge is 0.291 e. The van der Waals surface area contributed by atoms with Crippen molar-refractivity contribution < 1.29 is 14.0 Å². The summed E-state index contributed by atoms with van der Waals surface area (Å²) in [6.07, 6.45) is 1.42. The average molecular weight is 421 g/mol. The monoisotopic (exact) mass is 420 g/mol. The van der Waals surface area contributed by atoms with Gasteiger partial charge in [-0.3, -0.25) is 9.59 Å². The average Bonchev–Trinajstić information content (AvgIpc) is 3.38. The zero-order valence-electron chi connectivity index (χ0n) is 15.9. The lowest BCUT2D eigenvalue weighted by molar-refractivity contribution is 0.0993. The molecule has 8 heteroatoms. The highest BCUT2D eigenvalue weighted by molar-refractivity contribution is 6.30. The number of nitrogens with zero attached hydrogens (tertiary/aromatic N) is 2. The molecule has 4 rings (SSSR count). The second-order valence-corrected chi connectivity index (χ2v) is 6.97. The van der Waals surface area contributed by atoms with Crippen molar-refractivity contribution in [1.29, 1.82) is 0 Å². The summed E-state index contributed by atoms with van der Waals surface area (Å²) in [7, 11) is 0. The summed E-state index contributed by atoms with van der Waals surface area (Å²) in [6.45, 7) is 1.83. The Hall–Kier alpha value is -3.84. The van der Waals surface area contributed by atoms with Crippen LogP contribution >= 0.6 is 11.6 Å². The number of carbonyl (C=O) groups excluding carboxylic acids is 2. The second-order valence-electron chi connectivity index (χ2n) is 6.53. The number of furan rings is 1. The van der Waals surface area contributed by atoms with Gasteiger partial charge >= 0.3 is 0 Å².